The number of rotatable bonds is 3. The highest BCUT2D eigenvalue weighted by atomic mass is 35.5. The predicted molar refractivity (Wildman–Crippen MR) is 56.4 cm³/mol. The summed E-state index contributed by atoms with van der Waals surface area (Å²) in [5.41, 5.74) is 6.10. The Balaban J connectivity index is 2.88. The summed E-state index contributed by atoms with van der Waals surface area (Å²) in [6.07, 6.45) is 0.997. The summed E-state index contributed by atoms with van der Waals surface area (Å²) in [4.78, 5) is 9.44. The fourth-order valence-corrected chi connectivity index (χ4v) is 1.28. The summed E-state index contributed by atoms with van der Waals surface area (Å²) in [6.45, 7) is 2.13. The van der Waals surface area contributed by atoms with Gasteiger partial charge < -0.3 is 15.7 Å². The minimum absolute atomic E-state index is 0.145. The monoisotopic (exact) mass is 216 g/mol. The SMILES string of the molecule is CC(O)CN(C)c1nc(Cl)ncc1N. The van der Waals surface area contributed by atoms with Crippen LogP contribution >= 0.6 is 11.6 Å². The van der Waals surface area contributed by atoms with Gasteiger partial charge in [-0.3, -0.25) is 0 Å². The second kappa shape index (κ2) is 4.43. The fourth-order valence-electron chi connectivity index (χ4n) is 1.15. The molecule has 0 fully saturated rings. The van der Waals surface area contributed by atoms with Crippen LogP contribution in [0.2, 0.25) is 5.28 Å². The van der Waals surface area contributed by atoms with Gasteiger partial charge in [-0.1, -0.05) is 0 Å². The van der Waals surface area contributed by atoms with E-state index in [1.165, 1.54) is 6.20 Å². The number of nitrogens with zero attached hydrogens (tertiary/aromatic N) is 3. The second-order valence-corrected chi connectivity index (χ2v) is 3.49. The highest BCUT2D eigenvalue weighted by molar-refractivity contribution is 6.28. The first-order valence-electron chi connectivity index (χ1n) is 4.18. The Bertz CT molecular complexity index is 318. The van der Waals surface area contributed by atoms with E-state index in [1.54, 1.807) is 18.9 Å². The molecule has 0 bridgehead atoms. The van der Waals surface area contributed by atoms with Crippen LogP contribution < -0.4 is 10.6 Å². The first-order chi connectivity index (χ1) is 6.50. The Morgan fingerprint density at radius 2 is 2.36 bits per heavy atom. The number of halogens is 1. The van der Waals surface area contributed by atoms with Crippen molar-refractivity contribution in [3.05, 3.63) is 11.5 Å². The lowest BCUT2D eigenvalue weighted by Crippen LogP contribution is -2.28. The topological polar surface area (TPSA) is 75.3 Å². The van der Waals surface area contributed by atoms with Crippen molar-refractivity contribution in [1.82, 2.24) is 9.97 Å². The Kier molecular flexibility index (Phi) is 3.49. The van der Waals surface area contributed by atoms with Crippen molar-refractivity contribution in [3.8, 4) is 0 Å². The molecule has 14 heavy (non-hydrogen) atoms. The summed E-state index contributed by atoms with van der Waals surface area (Å²) < 4.78 is 0. The zero-order chi connectivity index (χ0) is 10.7. The molecule has 78 valence electrons. The van der Waals surface area contributed by atoms with Crippen molar-refractivity contribution in [2.24, 2.45) is 0 Å². The number of nitrogen functional groups attached to an aromatic ring is 1. The quantitative estimate of drug-likeness (QED) is 0.721. The van der Waals surface area contributed by atoms with Gasteiger partial charge in [-0.05, 0) is 18.5 Å². The van der Waals surface area contributed by atoms with E-state index < -0.39 is 6.10 Å². The summed E-state index contributed by atoms with van der Waals surface area (Å²) in [6, 6.07) is 0. The van der Waals surface area contributed by atoms with Crippen molar-refractivity contribution in [3.63, 3.8) is 0 Å². The molecule has 1 atom stereocenters. The van der Waals surface area contributed by atoms with Gasteiger partial charge in [0.15, 0.2) is 5.82 Å². The Morgan fingerprint density at radius 1 is 1.71 bits per heavy atom. The van der Waals surface area contributed by atoms with Crippen LogP contribution in [0, 0.1) is 0 Å². The van der Waals surface area contributed by atoms with Crippen LogP contribution in [-0.2, 0) is 0 Å². The van der Waals surface area contributed by atoms with Crippen LogP contribution in [-0.4, -0.2) is 34.8 Å². The summed E-state index contributed by atoms with van der Waals surface area (Å²) in [5.74, 6) is 0.533. The van der Waals surface area contributed by atoms with Gasteiger partial charge in [0.05, 0.1) is 18.0 Å². The molecule has 0 saturated heterocycles. The Hall–Kier alpha value is -1.07. The molecule has 0 spiro atoms. The van der Waals surface area contributed by atoms with Gasteiger partial charge in [0.25, 0.3) is 0 Å². The zero-order valence-electron chi connectivity index (χ0n) is 8.11. The molecule has 0 radical (unpaired) electrons. The predicted octanol–water partition coefficient (Wildman–Crippen LogP) is 0.529. The van der Waals surface area contributed by atoms with Crippen LogP contribution in [0.5, 0.6) is 0 Å². The van der Waals surface area contributed by atoms with Gasteiger partial charge in [-0.15, -0.1) is 0 Å². The van der Waals surface area contributed by atoms with E-state index in [9.17, 15) is 5.11 Å². The molecule has 1 rings (SSSR count). The molecule has 0 aliphatic carbocycles. The Morgan fingerprint density at radius 3 is 2.93 bits per heavy atom. The standard InChI is InChI=1S/C8H13ClN4O/c1-5(14)4-13(2)7-6(10)3-11-8(9)12-7/h3,5,14H,4,10H2,1-2H3. The number of aliphatic hydroxyl groups excluding tert-OH is 1. The van der Waals surface area contributed by atoms with Gasteiger partial charge in [-0.2, -0.15) is 4.98 Å². The molecular weight excluding hydrogens is 204 g/mol. The molecular formula is C8H13ClN4O. The van der Waals surface area contributed by atoms with E-state index in [0.29, 0.717) is 18.1 Å². The molecule has 1 aromatic heterocycles. The maximum Gasteiger partial charge on any atom is 0.224 e. The lowest BCUT2D eigenvalue weighted by atomic mass is 10.3. The van der Waals surface area contributed by atoms with E-state index in [2.05, 4.69) is 9.97 Å². The molecule has 6 heteroatoms. The van der Waals surface area contributed by atoms with Gasteiger partial charge in [0.1, 0.15) is 0 Å². The molecule has 0 aliphatic rings. The van der Waals surface area contributed by atoms with E-state index in [-0.39, 0.29) is 5.28 Å². The summed E-state index contributed by atoms with van der Waals surface area (Å²) in [7, 11) is 1.78. The van der Waals surface area contributed by atoms with Crippen LogP contribution in [0.4, 0.5) is 11.5 Å². The van der Waals surface area contributed by atoms with E-state index >= 15 is 0 Å². The third-order valence-corrected chi connectivity index (χ3v) is 1.85. The highest BCUT2D eigenvalue weighted by Gasteiger charge is 2.10. The highest BCUT2D eigenvalue weighted by Crippen LogP contribution is 2.19. The van der Waals surface area contributed by atoms with Crippen molar-refractivity contribution < 1.29 is 5.11 Å². The first-order valence-corrected chi connectivity index (χ1v) is 4.55. The number of hydrogen-bond donors (Lipinski definition) is 2. The lowest BCUT2D eigenvalue weighted by Gasteiger charge is -2.20. The maximum atomic E-state index is 9.19. The van der Waals surface area contributed by atoms with E-state index in [4.69, 9.17) is 17.3 Å². The molecule has 5 nitrogen and oxygen atoms in total. The van der Waals surface area contributed by atoms with Crippen LogP contribution in [0.1, 0.15) is 6.92 Å². The molecule has 1 aromatic rings. The first kappa shape index (κ1) is 11.0. The largest absolute Gasteiger partial charge is 0.394 e. The minimum Gasteiger partial charge on any atom is -0.394 e. The number of anilines is 2. The molecule has 1 heterocycles. The van der Waals surface area contributed by atoms with Crippen molar-refractivity contribution in [2.75, 3.05) is 24.2 Å². The second-order valence-electron chi connectivity index (χ2n) is 3.15. The molecule has 0 aliphatic heterocycles. The molecule has 1 unspecified atom stereocenters. The van der Waals surface area contributed by atoms with Crippen LogP contribution in [0.3, 0.4) is 0 Å². The van der Waals surface area contributed by atoms with Crippen molar-refractivity contribution >= 4 is 23.1 Å². The van der Waals surface area contributed by atoms with Crippen LogP contribution in [0.25, 0.3) is 0 Å². The normalized spacial score (nSPS) is 12.6. The van der Waals surface area contributed by atoms with Crippen molar-refractivity contribution in [1.29, 1.82) is 0 Å². The Labute approximate surface area is 87.5 Å². The molecule has 0 saturated carbocycles. The van der Waals surface area contributed by atoms with Crippen molar-refractivity contribution in [2.45, 2.75) is 13.0 Å². The lowest BCUT2D eigenvalue weighted by molar-refractivity contribution is 0.201. The average molecular weight is 217 g/mol. The summed E-state index contributed by atoms with van der Waals surface area (Å²) in [5, 5.41) is 9.33. The van der Waals surface area contributed by atoms with Gasteiger partial charge in [0, 0.05) is 13.6 Å². The van der Waals surface area contributed by atoms with Gasteiger partial charge in [-0.25, -0.2) is 4.98 Å². The molecule has 0 aromatic carbocycles. The third-order valence-electron chi connectivity index (χ3n) is 1.67. The zero-order valence-corrected chi connectivity index (χ0v) is 8.86. The number of aromatic nitrogens is 2. The number of nitrogens with two attached hydrogens (primary N) is 1. The maximum absolute atomic E-state index is 9.19. The van der Waals surface area contributed by atoms with Gasteiger partial charge >= 0.3 is 0 Å². The summed E-state index contributed by atoms with van der Waals surface area (Å²) >= 11 is 5.63. The molecule has 3 N–H and O–H groups in total. The average Bonchev–Trinajstić information content (AvgIpc) is 2.08. The number of hydrogen-bond acceptors (Lipinski definition) is 5. The smallest absolute Gasteiger partial charge is 0.224 e. The fraction of sp³-hybridized carbons (Fsp3) is 0.500. The van der Waals surface area contributed by atoms with Gasteiger partial charge in [0.2, 0.25) is 5.28 Å². The number of likely N-dealkylation sites (N-methyl/N-ethyl adjacent to an activating group) is 1. The van der Waals surface area contributed by atoms with Crippen LogP contribution in [0.15, 0.2) is 6.20 Å². The minimum atomic E-state index is -0.451. The number of aliphatic hydroxyl groups is 1. The molecule has 0 amide bonds. The van der Waals surface area contributed by atoms with E-state index in [0.717, 1.165) is 0 Å². The van der Waals surface area contributed by atoms with E-state index in [1.807, 2.05) is 0 Å². The third kappa shape index (κ3) is 2.71.